The van der Waals surface area contributed by atoms with E-state index in [0.717, 1.165) is 17.7 Å². The minimum absolute atomic E-state index is 0.514. The molecule has 0 saturated heterocycles. The van der Waals surface area contributed by atoms with Gasteiger partial charge >= 0.3 is 0 Å². The molecule has 1 heteroatoms. The van der Waals surface area contributed by atoms with E-state index in [2.05, 4.69) is 201 Å². The zero-order valence-corrected chi connectivity index (χ0v) is 30.7. The van der Waals surface area contributed by atoms with E-state index >= 15 is 0 Å². The summed E-state index contributed by atoms with van der Waals surface area (Å²) >= 11 is 0. The van der Waals surface area contributed by atoms with Crippen LogP contribution in [-0.4, -0.2) is 0 Å². The molecule has 0 bridgehead atoms. The molecule has 1 atom stereocenters. The van der Waals surface area contributed by atoms with Gasteiger partial charge in [-0.1, -0.05) is 195 Å². The van der Waals surface area contributed by atoms with E-state index < -0.39 is 10.8 Å². The Bertz CT molecular complexity index is 2840. The number of para-hydroxylation sites is 1. The third-order valence-corrected chi connectivity index (χ3v) is 12.5. The first-order valence-electron chi connectivity index (χ1n) is 19.4. The van der Waals surface area contributed by atoms with Crippen LogP contribution in [0.15, 0.2) is 206 Å². The molecule has 1 nitrogen and oxygen atoms in total. The summed E-state index contributed by atoms with van der Waals surface area (Å²) in [6.07, 6.45) is 5.33. The third-order valence-electron chi connectivity index (χ3n) is 12.5. The lowest BCUT2D eigenvalue weighted by Crippen LogP contribution is -2.32. The second-order valence-corrected chi connectivity index (χ2v) is 15.0. The normalized spacial score (nSPS) is 17.1. The van der Waals surface area contributed by atoms with Gasteiger partial charge in [-0.15, -0.1) is 0 Å². The lowest BCUT2D eigenvalue weighted by Gasteiger charge is -2.38. The summed E-state index contributed by atoms with van der Waals surface area (Å²) in [5.41, 5.74) is 16.8. The highest BCUT2D eigenvalue weighted by Crippen LogP contribution is 2.61. The largest absolute Gasteiger partial charge is 0.464 e. The van der Waals surface area contributed by atoms with Crippen molar-refractivity contribution in [2.24, 2.45) is 0 Å². The zero-order valence-electron chi connectivity index (χ0n) is 30.7. The fourth-order valence-electron chi connectivity index (χ4n) is 10.4. The van der Waals surface area contributed by atoms with Crippen molar-refractivity contribution >= 4 is 16.3 Å². The van der Waals surface area contributed by atoms with Crippen LogP contribution < -0.4 is 4.74 Å². The highest BCUT2D eigenvalue weighted by molar-refractivity contribution is 5.98. The van der Waals surface area contributed by atoms with E-state index in [1.807, 2.05) is 6.26 Å². The summed E-state index contributed by atoms with van der Waals surface area (Å²) in [5.74, 6) is 0.904. The Balaban J connectivity index is 1.20. The Kier molecular flexibility index (Phi) is 7.03. The molecule has 8 aromatic carbocycles. The van der Waals surface area contributed by atoms with Gasteiger partial charge in [0.15, 0.2) is 0 Å². The first-order valence-corrected chi connectivity index (χ1v) is 19.4. The van der Waals surface area contributed by atoms with Gasteiger partial charge in [0, 0.05) is 11.1 Å². The Hall–Kier alpha value is -6.70. The smallest absolute Gasteiger partial charge is 0.131 e. The van der Waals surface area contributed by atoms with Gasteiger partial charge in [0.05, 0.1) is 17.1 Å². The van der Waals surface area contributed by atoms with Gasteiger partial charge in [-0.05, 0) is 90.0 Å². The lowest BCUT2D eigenvalue weighted by molar-refractivity contribution is 0.437. The number of ether oxygens (including phenoxy) is 1. The molecule has 1 unspecified atom stereocenters. The molecule has 260 valence electrons. The molecule has 1 aliphatic heterocycles. The minimum Gasteiger partial charge on any atom is -0.464 e. The van der Waals surface area contributed by atoms with Crippen molar-refractivity contribution < 1.29 is 4.74 Å². The molecule has 0 radical (unpaired) electrons. The summed E-state index contributed by atoms with van der Waals surface area (Å²) in [5, 5.41) is 2.52. The molecule has 0 N–H and O–H groups in total. The van der Waals surface area contributed by atoms with Crippen molar-refractivity contribution in [2.75, 3.05) is 0 Å². The number of benzene rings is 8. The molecule has 0 fully saturated rings. The minimum atomic E-state index is -0.519. The van der Waals surface area contributed by atoms with Crippen molar-refractivity contribution in [3.05, 3.63) is 250 Å². The molecule has 0 saturated carbocycles. The van der Waals surface area contributed by atoms with E-state index in [0.29, 0.717) is 0 Å². The fraction of sp³-hybridized carbons (Fsp3) is 0.0741. The maximum atomic E-state index is 6.57. The molecule has 11 rings (SSSR count). The average molecular weight is 703 g/mol. The summed E-state index contributed by atoms with van der Waals surface area (Å²) in [6.45, 7) is 2.29. The first-order chi connectivity index (χ1) is 27.3. The predicted molar refractivity (Wildman–Crippen MR) is 226 cm³/mol. The Morgan fingerprint density at radius 1 is 0.473 bits per heavy atom. The molecule has 1 heterocycles. The van der Waals surface area contributed by atoms with Crippen molar-refractivity contribution in [2.45, 2.75) is 24.2 Å². The van der Waals surface area contributed by atoms with Gasteiger partial charge in [0.25, 0.3) is 0 Å². The third kappa shape index (κ3) is 4.24. The van der Waals surface area contributed by atoms with E-state index in [4.69, 9.17) is 4.74 Å². The Labute approximate surface area is 322 Å². The highest BCUT2D eigenvalue weighted by Gasteiger charge is 2.51. The van der Waals surface area contributed by atoms with Crippen molar-refractivity contribution in [3.63, 3.8) is 0 Å². The van der Waals surface area contributed by atoms with Crippen LogP contribution in [0.5, 0.6) is 5.75 Å². The predicted octanol–water partition coefficient (Wildman–Crippen LogP) is 13.3. The quantitative estimate of drug-likeness (QED) is 0.173. The van der Waals surface area contributed by atoms with Crippen LogP contribution in [0, 0.1) is 0 Å². The summed E-state index contributed by atoms with van der Waals surface area (Å²) in [6, 6.07) is 69.4. The number of hydrogen-bond acceptors (Lipinski definition) is 1. The van der Waals surface area contributed by atoms with Gasteiger partial charge in [0.1, 0.15) is 5.75 Å². The molecule has 0 amide bonds. The Morgan fingerprint density at radius 2 is 1.02 bits per heavy atom. The molecular formula is C54H38O. The topological polar surface area (TPSA) is 9.23 Å². The maximum Gasteiger partial charge on any atom is 0.131 e. The highest BCUT2D eigenvalue weighted by atomic mass is 16.5. The van der Waals surface area contributed by atoms with Crippen LogP contribution >= 0.6 is 0 Å². The molecular weight excluding hydrogens is 665 g/mol. The molecule has 1 spiro atoms. The van der Waals surface area contributed by atoms with E-state index in [1.54, 1.807) is 0 Å². The standard InChI is InChI=1S/C54H38O/c1-2-36(34-39-35-55-51-33-15-14-30-49(51)54(39)46-27-11-8-23-42(46)43-24-9-12-28-47(43)54)41-26-17-32-50-52(41)44-25-10-13-29-48(44)53(50,38-20-4-3-5-21-38)45-31-16-19-37-18-6-7-22-40(37)45/h3-35H,2H2,1H3/b36-34+. The van der Waals surface area contributed by atoms with Crippen molar-refractivity contribution in [3.8, 4) is 28.0 Å². The van der Waals surface area contributed by atoms with E-state index in [1.165, 1.54) is 83.1 Å². The second-order valence-electron chi connectivity index (χ2n) is 15.0. The van der Waals surface area contributed by atoms with Gasteiger partial charge in [-0.2, -0.15) is 0 Å². The Morgan fingerprint density at radius 3 is 1.76 bits per heavy atom. The summed E-state index contributed by atoms with van der Waals surface area (Å²) < 4.78 is 6.57. The van der Waals surface area contributed by atoms with Crippen molar-refractivity contribution in [1.29, 1.82) is 0 Å². The maximum absolute atomic E-state index is 6.57. The van der Waals surface area contributed by atoms with Crippen LogP contribution in [0.3, 0.4) is 0 Å². The van der Waals surface area contributed by atoms with Crippen LogP contribution in [0.4, 0.5) is 0 Å². The van der Waals surface area contributed by atoms with Crippen LogP contribution in [0.2, 0.25) is 0 Å². The molecule has 55 heavy (non-hydrogen) atoms. The number of allylic oxidation sites excluding steroid dienone is 3. The average Bonchev–Trinajstić information content (AvgIpc) is 3.73. The van der Waals surface area contributed by atoms with Crippen LogP contribution in [0.1, 0.15) is 57.9 Å². The molecule has 2 aliphatic carbocycles. The molecule has 0 aromatic heterocycles. The fourth-order valence-corrected chi connectivity index (χ4v) is 10.4. The molecule has 3 aliphatic rings. The zero-order chi connectivity index (χ0) is 36.6. The summed E-state index contributed by atoms with van der Waals surface area (Å²) in [7, 11) is 0. The SMILES string of the molecule is CC/C(=C\C1=COc2ccccc2C12c1ccccc1-c1ccccc12)c1cccc2c1-c1ccccc1C2(c1ccccc1)c1cccc2ccccc12. The van der Waals surface area contributed by atoms with Crippen LogP contribution in [-0.2, 0) is 10.8 Å². The monoisotopic (exact) mass is 702 g/mol. The second kappa shape index (κ2) is 12.2. The van der Waals surface area contributed by atoms with Crippen molar-refractivity contribution in [1.82, 2.24) is 0 Å². The van der Waals surface area contributed by atoms with Gasteiger partial charge in [-0.3, -0.25) is 0 Å². The number of fused-ring (bicyclic) bond motifs is 11. The van der Waals surface area contributed by atoms with Crippen LogP contribution in [0.25, 0.3) is 38.6 Å². The first kappa shape index (κ1) is 31.8. The summed E-state index contributed by atoms with van der Waals surface area (Å²) in [4.78, 5) is 0. The van der Waals surface area contributed by atoms with E-state index in [-0.39, 0.29) is 0 Å². The van der Waals surface area contributed by atoms with Gasteiger partial charge in [-0.25, -0.2) is 0 Å². The van der Waals surface area contributed by atoms with Gasteiger partial charge in [0.2, 0.25) is 0 Å². The lowest BCUT2D eigenvalue weighted by atomic mass is 9.65. The number of rotatable bonds is 5. The molecule has 8 aromatic rings. The number of hydrogen-bond donors (Lipinski definition) is 0. The van der Waals surface area contributed by atoms with E-state index in [9.17, 15) is 0 Å². The van der Waals surface area contributed by atoms with Gasteiger partial charge < -0.3 is 4.74 Å².